The van der Waals surface area contributed by atoms with E-state index < -0.39 is 0 Å². The lowest BCUT2D eigenvalue weighted by molar-refractivity contribution is 0.323. The Bertz CT molecular complexity index is 739. The molecule has 2 N–H and O–H groups in total. The Morgan fingerprint density at radius 3 is 2.00 bits per heavy atom. The van der Waals surface area contributed by atoms with Gasteiger partial charge < -0.3 is 24.8 Å². The highest BCUT2D eigenvalue weighted by Gasteiger charge is 2.13. The van der Waals surface area contributed by atoms with E-state index in [1.54, 1.807) is 28.4 Å². The lowest BCUT2D eigenvalue weighted by atomic mass is 10.1. The zero-order valence-electron chi connectivity index (χ0n) is 17.2. The van der Waals surface area contributed by atoms with Gasteiger partial charge in [0.25, 0.3) is 0 Å². The van der Waals surface area contributed by atoms with Gasteiger partial charge >= 0.3 is 0 Å². The minimum absolute atomic E-state index is 0. The van der Waals surface area contributed by atoms with Gasteiger partial charge in [-0.2, -0.15) is 0 Å². The second-order valence-corrected chi connectivity index (χ2v) is 6.12. The number of hydrogen-bond acceptors (Lipinski definition) is 4. The number of guanidine groups is 1. The van der Waals surface area contributed by atoms with E-state index in [1.165, 1.54) is 11.1 Å². The number of benzene rings is 2. The summed E-state index contributed by atoms with van der Waals surface area (Å²) in [4.78, 5) is 4.27. The summed E-state index contributed by atoms with van der Waals surface area (Å²) >= 11 is 0. The second-order valence-electron chi connectivity index (χ2n) is 6.12. The van der Waals surface area contributed by atoms with E-state index in [1.807, 2.05) is 12.1 Å². The highest BCUT2D eigenvalue weighted by Crippen LogP contribution is 2.38. The van der Waals surface area contributed by atoms with Crippen LogP contribution in [0.4, 0.5) is 0 Å². The highest BCUT2D eigenvalue weighted by atomic mass is 127. The van der Waals surface area contributed by atoms with E-state index in [4.69, 9.17) is 14.2 Å². The van der Waals surface area contributed by atoms with Crippen molar-refractivity contribution in [2.75, 3.05) is 34.9 Å². The molecule has 7 heteroatoms. The summed E-state index contributed by atoms with van der Waals surface area (Å²) in [6, 6.07) is 12.4. The standard InChI is InChI=1S/C21H29N3O3.HI/c1-15-6-8-16(9-7-15)10-11-23-21(22-2)24-14-17-12-18(25-3)20(27-5)19(13-17)26-4;/h6-9,12-13H,10-11,14H2,1-5H3,(H2,22,23,24);1H. The van der Waals surface area contributed by atoms with E-state index in [0.29, 0.717) is 23.8 Å². The number of rotatable bonds is 8. The van der Waals surface area contributed by atoms with Gasteiger partial charge in [-0.1, -0.05) is 29.8 Å². The molecule has 0 unspecified atom stereocenters. The van der Waals surface area contributed by atoms with Crippen LogP contribution in [-0.2, 0) is 13.0 Å². The maximum atomic E-state index is 5.40. The van der Waals surface area contributed by atoms with Crippen molar-refractivity contribution in [3.8, 4) is 17.2 Å². The molecule has 28 heavy (non-hydrogen) atoms. The number of nitrogens with one attached hydrogen (secondary N) is 2. The van der Waals surface area contributed by atoms with Gasteiger partial charge in [0.1, 0.15) is 0 Å². The Morgan fingerprint density at radius 2 is 1.50 bits per heavy atom. The molecule has 6 nitrogen and oxygen atoms in total. The van der Waals surface area contributed by atoms with Gasteiger partial charge in [-0.05, 0) is 36.6 Å². The summed E-state index contributed by atoms with van der Waals surface area (Å²) in [5.41, 5.74) is 3.58. The van der Waals surface area contributed by atoms with E-state index in [2.05, 4.69) is 46.8 Å². The fourth-order valence-electron chi connectivity index (χ4n) is 2.72. The minimum atomic E-state index is 0. The average Bonchev–Trinajstić information content (AvgIpc) is 2.70. The fraction of sp³-hybridized carbons (Fsp3) is 0.381. The van der Waals surface area contributed by atoms with Crippen molar-refractivity contribution in [3.05, 3.63) is 53.1 Å². The molecule has 0 atom stereocenters. The number of ether oxygens (including phenoxy) is 3. The number of aliphatic imine (C=N–C) groups is 1. The average molecular weight is 499 g/mol. The molecule has 0 radical (unpaired) electrons. The van der Waals surface area contributed by atoms with Gasteiger partial charge in [-0.15, -0.1) is 24.0 Å². The van der Waals surface area contributed by atoms with Crippen molar-refractivity contribution < 1.29 is 14.2 Å². The maximum Gasteiger partial charge on any atom is 0.203 e. The predicted octanol–water partition coefficient (Wildman–Crippen LogP) is 3.55. The van der Waals surface area contributed by atoms with Gasteiger partial charge in [-0.25, -0.2) is 0 Å². The van der Waals surface area contributed by atoms with Crippen LogP contribution in [0.1, 0.15) is 16.7 Å². The van der Waals surface area contributed by atoms with Gasteiger partial charge in [0.15, 0.2) is 17.5 Å². The molecule has 0 spiro atoms. The number of hydrogen-bond donors (Lipinski definition) is 2. The first kappa shape index (κ1) is 23.9. The van der Waals surface area contributed by atoms with Crippen molar-refractivity contribution in [2.45, 2.75) is 19.9 Å². The molecule has 2 aromatic rings. The molecule has 0 amide bonds. The molecule has 154 valence electrons. The van der Waals surface area contributed by atoms with E-state index in [0.717, 1.165) is 24.5 Å². The van der Waals surface area contributed by atoms with E-state index in [-0.39, 0.29) is 24.0 Å². The molecule has 0 aliphatic rings. The number of methoxy groups -OCH3 is 3. The van der Waals surface area contributed by atoms with Crippen LogP contribution in [-0.4, -0.2) is 40.9 Å². The second kappa shape index (κ2) is 12.3. The molecule has 0 saturated heterocycles. The van der Waals surface area contributed by atoms with Crippen LogP contribution in [0.5, 0.6) is 17.2 Å². The van der Waals surface area contributed by atoms with Gasteiger partial charge in [0.05, 0.1) is 21.3 Å². The summed E-state index contributed by atoms with van der Waals surface area (Å²) in [5, 5.41) is 6.64. The lowest BCUT2D eigenvalue weighted by Gasteiger charge is -2.16. The smallest absolute Gasteiger partial charge is 0.203 e. The number of nitrogens with zero attached hydrogens (tertiary/aromatic N) is 1. The largest absolute Gasteiger partial charge is 0.493 e. The Hall–Kier alpha value is -2.16. The van der Waals surface area contributed by atoms with Crippen molar-refractivity contribution in [2.24, 2.45) is 4.99 Å². The quantitative estimate of drug-likeness (QED) is 0.331. The monoisotopic (exact) mass is 499 g/mol. The summed E-state index contributed by atoms with van der Waals surface area (Å²) in [5.74, 6) is 2.60. The van der Waals surface area contributed by atoms with E-state index in [9.17, 15) is 0 Å². The molecule has 0 aliphatic carbocycles. The first-order valence-electron chi connectivity index (χ1n) is 8.90. The van der Waals surface area contributed by atoms with Crippen molar-refractivity contribution in [1.82, 2.24) is 10.6 Å². The molecule has 0 bridgehead atoms. The van der Waals surface area contributed by atoms with Crippen molar-refractivity contribution >= 4 is 29.9 Å². The fourth-order valence-corrected chi connectivity index (χ4v) is 2.72. The van der Waals surface area contributed by atoms with Crippen LogP contribution >= 0.6 is 24.0 Å². The molecular formula is C21H30IN3O3. The third kappa shape index (κ3) is 6.78. The zero-order valence-corrected chi connectivity index (χ0v) is 19.5. The topological polar surface area (TPSA) is 64.1 Å². The number of halogens is 1. The van der Waals surface area contributed by atoms with Crippen LogP contribution in [0.3, 0.4) is 0 Å². The Kier molecular flexibility index (Phi) is 10.5. The molecule has 0 aliphatic heterocycles. The molecular weight excluding hydrogens is 469 g/mol. The summed E-state index contributed by atoms with van der Waals surface area (Å²) in [6.07, 6.45) is 0.936. The van der Waals surface area contributed by atoms with Gasteiger partial charge in [0.2, 0.25) is 5.75 Å². The van der Waals surface area contributed by atoms with E-state index >= 15 is 0 Å². The zero-order chi connectivity index (χ0) is 19.6. The molecule has 0 saturated carbocycles. The Morgan fingerprint density at radius 1 is 0.893 bits per heavy atom. The third-order valence-corrected chi connectivity index (χ3v) is 4.23. The van der Waals surface area contributed by atoms with Gasteiger partial charge in [0, 0.05) is 20.1 Å². The third-order valence-electron chi connectivity index (χ3n) is 4.23. The van der Waals surface area contributed by atoms with Crippen LogP contribution in [0.2, 0.25) is 0 Å². The summed E-state index contributed by atoms with van der Waals surface area (Å²) < 4.78 is 16.1. The summed E-state index contributed by atoms with van der Waals surface area (Å²) in [7, 11) is 6.58. The minimum Gasteiger partial charge on any atom is -0.493 e. The van der Waals surface area contributed by atoms with Crippen LogP contribution in [0, 0.1) is 6.92 Å². The maximum absolute atomic E-state index is 5.40. The van der Waals surface area contributed by atoms with Crippen LogP contribution < -0.4 is 24.8 Å². The first-order chi connectivity index (χ1) is 13.1. The predicted molar refractivity (Wildman–Crippen MR) is 125 cm³/mol. The Labute approximate surface area is 184 Å². The molecule has 2 aromatic carbocycles. The van der Waals surface area contributed by atoms with Gasteiger partial charge in [-0.3, -0.25) is 4.99 Å². The summed E-state index contributed by atoms with van der Waals surface area (Å²) in [6.45, 7) is 3.48. The normalized spacial score (nSPS) is 10.7. The van der Waals surface area contributed by atoms with Crippen LogP contribution in [0.15, 0.2) is 41.4 Å². The molecule has 0 heterocycles. The highest BCUT2D eigenvalue weighted by molar-refractivity contribution is 14.0. The SMILES string of the molecule is CN=C(NCCc1ccc(C)cc1)NCc1cc(OC)c(OC)c(OC)c1.I. The number of aryl methyl sites for hydroxylation is 1. The van der Waals surface area contributed by atoms with Crippen LogP contribution in [0.25, 0.3) is 0 Å². The molecule has 0 aromatic heterocycles. The van der Waals surface area contributed by atoms with Crippen molar-refractivity contribution in [1.29, 1.82) is 0 Å². The first-order valence-corrected chi connectivity index (χ1v) is 8.90. The molecule has 0 fully saturated rings. The molecule has 2 rings (SSSR count). The van der Waals surface area contributed by atoms with Crippen molar-refractivity contribution in [3.63, 3.8) is 0 Å². The Balaban J connectivity index is 0.00000392. The lowest BCUT2D eigenvalue weighted by Crippen LogP contribution is -2.37.